The molecular weight excluding hydrogens is 415 g/mol. The number of fused-ring (bicyclic) bond motifs is 1. The van der Waals surface area contributed by atoms with E-state index in [2.05, 4.69) is 10.5 Å². The number of nitrogens with zero attached hydrogens (tertiary/aromatic N) is 1. The normalized spacial score (nSPS) is 22.0. The van der Waals surface area contributed by atoms with E-state index in [1.54, 1.807) is 30.3 Å². The number of rotatable bonds is 4. The minimum atomic E-state index is -1.19. The van der Waals surface area contributed by atoms with Crippen LogP contribution < -0.4 is 10.1 Å². The highest BCUT2D eigenvalue weighted by molar-refractivity contribution is 6.34. The van der Waals surface area contributed by atoms with Gasteiger partial charge in [0.05, 0.1) is 29.4 Å². The van der Waals surface area contributed by atoms with Gasteiger partial charge in [0.1, 0.15) is 11.6 Å². The third-order valence-corrected chi connectivity index (χ3v) is 5.61. The number of benzene rings is 2. The SMILES string of the molecule is COC(=O)C12CCCC1C(c1cc(NC(=O)Oc3ccccc3)c(F)cc1Cl)=NO2. The third-order valence-electron chi connectivity index (χ3n) is 5.29. The maximum Gasteiger partial charge on any atom is 0.417 e. The average Bonchev–Trinajstić information content (AvgIpc) is 3.30. The Morgan fingerprint density at radius 3 is 2.80 bits per heavy atom. The van der Waals surface area contributed by atoms with E-state index in [0.29, 0.717) is 29.9 Å². The first-order valence-electron chi connectivity index (χ1n) is 9.32. The van der Waals surface area contributed by atoms with Gasteiger partial charge in [0.15, 0.2) is 0 Å². The molecule has 30 heavy (non-hydrogen) atoms. The Morgan fingerprint density at radius 1 is 1.30 bits per heavy atom. The lowest BCUT2D eigenvalue weighted by Gasteiger charge is -2.23. The lowest BCUT2D eigenvalue weighted by atomic mass is 9.84. The van der Waals surface area contributed by atoms with Crippen LogP contribution in [0.4, 0.5) is 14.9 Å². The molecule has 1 aliphatic carbocycles. The first-order chi connectivity index (χ1) is 14.4. The highest BCUT2D eigenvalue weighted by atomic mass is 35.5. The van der Waals surface area contributed by atoms with Crippen LogP contribution in [0.5, 0.6) is 5.75 Å². The number of esters is 1. The Hall–Kier alpha value is -3.13. The van der Waals surface area contributed by atoms with E-state index in [9.17, 15) is 14.0 Å². The number of halogens is 2. The van der Waals surface area contributed by atoms with Crippen LogP contribution in [0.25, 0.3) is 0 Å². The molecule has 2 aliphatic rings. The molecule has 156 valence electrons. The van der Waals surface area contributed by atoms with Crippen molar-refractivity contribution in [1.82, 2.24) is 0 Å². The Bertz CT molecular complexity index is 1030. The van der Waals surface area contributed by atoms with Gasteiger partial charge in [-0.05, 0) is 37.1 Å². The van der Waals surface area contributed by atoms with Gasteiger partial charge in [-0.3, -0.25) is 5.32 Å². The number of para-hydroxylation sites is 1. The Morgan fingerprint density at radius 2 is 2.07 bits per heavy atom. The minimum absolute atomic E-state index is 0.0874. The van der Waals surface area contributed by atoms with E-state index in [1.807, 2.05) is 0 Å². The van der Waals surface area contributed by atoms with Crippen LogP contribution >= 0.6 is 11.6 Å². The second-order valence-electron chi connectivity index (χ2n) is 7.03. The van der Waals surface area contributed by atoms with Crippen LogP contribution in [0.3, 0.4) is 0 Å². The number of methoxy groups -OCH3 is 1. The molecule has 0 bridgehead atoms. The van der Waals surface area contributed by atoms with Crippen molar-refractivity contribution >= 4 is 35.1 Å². The smallest absolute Gasteiger partial charge is 0.417 e. The molecular formula is C21H18ClFN2O5. The van der Waals surface area contributed by atoms with Crippen molar-refractivity contribution in [2.24, 2.45) is 11.1 Å². The molecule has 2 unspecified atom stereocenters. The molecule has 0 saturated heterocycles. The maximum absolute atomic E-state index is 14.4. The second kappa shape index (κ2) is 7.95. The number of hydrogen-bond donors (Lipinski definition) is 1. The fourth-order valence-electron chi connectivity index (χ4n) is 3.90. The van der Waals surface area contributed by atoms with E-state index in [-0.39, 0.29) is 16.6 Å². The van der Waals surface area contributed by atoms with Crippen molar-refractivity contribution in [3.63, 3.8) is 0 Å². The predicted octanol–water partition coefficient (Wildman–Crippen LogP) is 4.54. The topological polar surface area (TPSA) is 86.2 Å². The summed E-state index contributed by atoms with van der Waals surface area (Å²) in [6.07, 6.45) is 0.986. The van der Waals surface area contributed by atoms with Crippen molar-refractivity contribution in [2.75, 3.05) is 12.4 Å². The highest BCUT2D eigenvalue weighted by Gasteiger charge is 2.59. The van der Waals surface area contributed by atoms with Crippen LogP contribution in [0.2, 0.25) is 5.02 Å². The summed E-state index contributed by atoms with van der Waals surface area (Å²) in [5.41, 5.74) is -0.540. The summed E-state index contributed by atoms with van der Waals surface area (Å²) in [7, 11) is 1.29. The van der Waals surface area contributed by atoms with E-state index >= 15 is 0 Å². The monoisotopic (exact) mass is 432 g/mol. The van der Waals surface area contributed by atoms with Gasteiger partial charge in [0.25, 0.3) is 0 Å². The number of nitrogens with one attached hydrogen (secondary N) is 1. The molecule has 4 rings (SSSR count). The molecule has 0 radical (unpaired) electrons. The fraction of sp³-hybridized carbons (Fsp3) is 0.286. The Balaban J connectivity index is 1.60. The fourth-order valence-corrected chi connectivity index (χ4v) is 4.15. The molecule has 1 aliphatic heterocycles. The maximum atomic E-state index is 14.4. The molecule has 2 aromatic carbocycles. The van der Waals surface area contributed by atoms with Crippen LogP contribution in [0.15, 0.2) is 47.6 Å². The zero-order chi connectivity index (χ0) is 21.3. The van der Waals surface area contributed by atoms with Crippen molar-refractivity contribution < 1.29 is 28.3 Å². The summed E-state index contributed by atoms with van der Waals surface area (Å²) in [5, 5.41) is 6.53. The quantitative estimate of drug-likeness (QED) is 0.717. The van der Waals surface area contributed by atoms with Gasteiger partial charge >= 0.3 is 12.1 Å². The molecule has 1 heterocycles. The minimum Gasteiger partial charge on any atom is -0.466 e. The van der Waals surface area contributed by atoms with Crippen molar-refractivity contribution in [2.45, 2.75) is 24.9 Å². The summed E-state index contributed by atoms with van der Waals surface area (Å²) in [6.45, 7) is 0. The van der Waals surface area contributed by atoms with Crippen LogP contribution in [0, 0.1) is 11.7 Å². The molecule has 2 aromatic rings. The number of ether oxygens (including phenoxy) is 2. The van der Waals surface area contributed by atoms with Gasteiger partial charge < -0.3 is 14.3 Å². The first kappa shape index (κ1) is 20.2. The lowest BCUT2D eigenvalue weighted by Crippen LogP contribution is -2.43. The summed E-state index contributed by atoms with van der Waals surface area (Å²) >= 11 is 6.26. The largest absolute Gasteiger partial charge is 0.466 e. The molecule has 1 fully saturated rings. The predicted molar refractivity (Wildman–Crippen MR) is 107 cm³/mol. The molecule has 0 spiro atoms. The third kappa shape index (κ3) is 3.47. The van der Waals surface area contributed by atoms with Gasteiger partial charge in [0, 0.05) is 12.0 Å². The van der Waals surface area contributed by atoms with E-state index in [4.69, 9.17) is 25.9 Å². The van der Waals surface area contributed by atoms with E-state index in [1.165, 1.54) is 13.2 Å². The van der Waals surface area contributed by atoms with Gasteiger partial charge in [-0.1, -0.05) is 35.0 Å². The molecule has 9 heteroatoms. The summed E-state index contributed by atoms with van der Waals surface area (Å²) in [4.78, 5) is 30.0. The van der Waals surface area contributed by atoms with Gasteiger partial charge in [-0.15, -0.1) is 0 Å². The van der Waals surface area contributed by atoms with Crippen molar-refractivity contribution in [3.8, 4) is 5.75 Å². The van der Waals surface area contributed by atoms with Gasteiger partial charge in [-0.2, -0.15) is 0 Å². The number of carbonyl (C=O) groups excluding carboxylic acids is 2. The lowest BCUT2D eigenvalue weighted by molar-refractivity contribution is -0.168. The zero-order valence-corrected chi connectivity index (χ0v) is 16.7. The van der Waals surface area contributed by atoms with Gasteiger partial charge in [-0.25, -0.2) is 14.0 Å². The first-order valence-corrected chi connectivity index (χ1v) is 9.70. The highest BCUT2D eigenvalue weighted by Crippen LogP contribution is 2.47. The number of amides is 1. The van der Waals surface area contributed by atoms with Crippen molar-refractivity contribution in [3.05, 3.63) is 58.9 Å². The van der Waals surface area contributed by atoms with Gasteiger partial charge in [0.2, 0.25) is 5.60 Å². The van der Waals surface area contributed by atoms with Crippen LogP contribution in [0.1, 0.15) is 24.8 Å². The molecule has 1 N–H and O–H groups in total. The molecule has 1 saturated carbocycles. The zero-order valence-electron chi connectivity index (χ0n) is 16.0. The average molecular weight is 433 g/mol. The number of carbonyl (C=O) groups is 2. The molecule has 7 nitrogen and oxygen atoms in total. The summed E-state index contributed by atoms with van der Waals surface area (Å²) in [5.74, 6) is -1.31. The van der Waals surface area contributed by atoms with Crippen LogP contribution in [-0.2, 0) is 14.4 Å². The number of anilines is 1. The van der Waals surface area contributed by atoms with E-state index in [0.717, 1.165) is 12.5 Å². The Kier molecular flexibility index (Phi) is 5.34. The molecule has 0 aromatic heterocycles. The standard InChI is InChI=1S/C21H18ClFN2O5/c1-28-19(26)21-9-5-8-14(21)18(25-30-21)13-10-17(16(23)11-15(13)22)24-20(27)29-12-6-3-2-4-7-12/h2-4,6-7,10-11,14H,5,8-9H2,1H3,(H,24,27). The van der Waals surface area contributed by atoms with Crippen molar-refractivity contribution in [1.29, 1.82) is 0 Å². The molecule has 1 amide bonds. The summed E-state index contributed by atoms with van der Waals surface area (Å²) < 4.78 is 24.5. The molecule has 2 atom stereocenters. The summed E-state index contributed by atoms with van der Waals surface area (Å²) in [6, 6.07) is 10.8. The second-order valence-corrected chi connectivity index (χ2v) is 7.44. The van der Waals surface area contributed by atoms with Crippen LogP contribution in [-0.4, -0.2) is 30.5 Å². The van der Waals surface area contributed by atoms with E-state index < -0.39 is 23.5 Å². The Labute approximate surface area is 176 Å². The number of oxime groups is 1. The number of hydrogen-bond acceptors (Lipinski definition) is 6.